The van der Waals surface area contributed by atoms with Crippen LogP contribution >= 0.6 is 0 Å². The van der Waals surface area contributed by atoms with E-state index in [0.717, 1.165) is 19.4 Å². The first kappa shape index (κ1) is 14.0. The molecule has 2 saturated heterocycles. The molecule has 0 radical (unpaired) electrons. The van der Waals surface area contributed by atoms with Gasteiger partial charge in [0.15, 0.2) is 9.84 Å². The van der Waals surface area contributed by atoms with Crippen LogP contribution < -0.4 is 5.32 Å². The van der Waals surface area contributed by atoms with Crippen LogP contribution in [0.1, 0.15) is 30.7 Å². The van der Waals surface area contributed by atoms with Crippen LogP contribution in [0.3, 0.4) is 0 Å². The van der Waals surface area contributed by atoms with Gasteiger partial charge in [0.1, 0.15) is 5.82 Å². The number of rotatable bonds is 1. The maximum absolute atomic E-state index is 14.1. The van der Waals surface area contributed by atoms with Crippen molar-refractivity contribution in [2.45, 2.75) is 25.2 Å². The summed E-state index contributed by atoms with van der Waals surface area (Å²) in [5.41, 5.74) is 0.377. The number of sulfone groups is 1. The normalized spacial score (nSPS) is 33.1. The second-order valence-electron chi connectivity index (χ2n) is 6.09. The molecule has 110 valence electrons. The summed E-state index contributed by atoms with van der Waals surface area (Å²) in [6.45, 7) is 1.48. The van der Waals surface area contributed by atoms with E-state index in [0.29, 0.717) is 18.5 Å². The van der Waals surface area contributed by atoms with E-state index in [1.807, 2.05) is 6.07 Å². The van der Waals surface area contributed by atoms with E-state index in [-0.39, 0.29) is 28.7 Å². The van der Waals surface area contributed by atoms with Crippen molar-refractivity contribution in [3.05, 3.63) is 35.6 Å². The van der Waals surface area contributed by atoms with Gasteiger partial charge in [-0.1, -0.05) is 18.2 Å². The van der Waals surface area contributed by atoms with Gasteiger partial charge in [0, 0.05) is 12.5 Å². The zero-order chi connectivity index (χ0) is 14.2. The molecule has 3 rings (SSSR count). The molecule has 0 saturated carbocycles. The molecule has 2 aliphatic heterocycles. The van der Waals surface area contributed by atoms with Gasteiger partial charge in [-0.25, -0.2) is 12.8 Å². The minimum Gasteiger partial charge on any atom is -0.316 e. The van der Waals surface area contributed by atoms with Crippen LogP contribution in [0.15, 0.2) is 24.3 Å². The van der Waals surface area contributed by atoms with Crippen molar-refractivity contribution in [1.29, 1.82) is 0 Å². The minimum atomic E-state index is -2.99. The standard InChI is InChI=1S/C15H20FNO2S/c16-14-5-2-1-4-12(14)13-10-17-8-7-15(13)6-3-9-20(18,19)11-15/h1-2,4-5,13,17H,3,6-11H2. The van der Waals surface area contributed by atoms with Crippen molar-refractivity contribution in [1.82, 2.24) is 5.32 Å². The molecule has 20 heavy (non-hydrogen) atoms. The van der Waals surface area contributed by atoms with E-state index in [1.54, 1.807) is 12.1 Å². The third kappa shape index (κ3) is 2.49. The van der Waals surface area contributed by atoms with E-state index in [9.17, 15) is 12.8 Å². The largest absolute Gasteiger partial charge is 0.316 e. The molecule has 0 aromatic heterocycles. The summed E-state index contributed by atoms with van der Waals surface area (Å²) in [5, 5.41) is 3.30. The van der Waals surface area contributed by atoms with Crippen LogP contribution in [0.4, 0.5) is 4.39 Å². The Morgan fingerprint density at radius 2 is 2.05 bits per heavy atom. The summed E-state index contributed by atoms with van der Waals surface area (Å²) in [5.74, 6) is 0.225. The lowest BCUT2D eigenvalue weighted by molar-refractivity contribution is 0.165. The monoisotopic (exact) mass is 297 g/mol. The average Bonchev–Trinajstić information content (AvgIpc) is 2.39. The van der Waals surface area contributed by atoms with Gasteiger partial charge in [-0.05, 0) is 42.9 Å². The Hall–Kier alpha value is -0.940. The molecule has 1 aromatic rings. The van der Waals surface area contributed by atoms with Crippen LogP contribution in [0.5, 0.6) is 0 Å². The van der Waals surface area contributed by atoms with Gasteiger partial charge >= 0.3 is 0 Å². The van der Waals surface area contributed by atoms with E-state index < -0.39 is 9.84 Å². The van der Waals surface area contributed by atoms with Gasteiger partial charge in [0.2, 0.25) is 0 Å². The van der Waals surface area contributed by atoms with Gasteiger partial charge in [-0.3, -0.25) is 0 Å². The molecular formula is C15H20FNO2S. The van der Waals surface area contributed by atoms with E-state index in [4.69, 9.17) is 0 Å². The molecule has 1 spiro atoms. The van der Waals surface area contributed by atoms with Crippen LogP contribution in [-0.2, 0) is 9.84 Å². The molecule has 0 amide bonds. The molecule has 0 bridgehead atoms. The molecule has 2 heterocycles. The quantitative estimate of drug-likeness (QED) is 0.863. The van der Waals surface area contributed by atoms with Crippen LogP contribution in [0.2, 0.25) is 0 Å². The van der Waals surface area contributed by atoms with Gasteiger partial charge in [-0.2, -0.15) is 0 Å². The van der Waals surface area contributed by atoms with Gasteiger partial charge in [-0.15, -0.1) is 0 Å². The zero-order valence-electron chi connectivity index (χ0n) is 11.4. The van der Waals surface area contributed by atoms with Crippen molar-refractivity contribution in [3.63, 3.8) is 0 Å². The molecule has 1 N–H and O–H groups in total. The van der Waals surface area contributed by atoms with Crippen molar-refractivity contribution in [3.8, 4) is 0 Å². The Kier molecular flexibility index (Phi) is 3.58. The number of hydrogen-bond donors (Lipinski definition) is 1. The van der Waals surface area contributed by atoms with Crippen LogP contribution in [-0.4, -0.2) is 33.0 Å². The predicted molar refractivity (Wildman–Crippen MR) is 76.9 cm³/mol. The van der Waals surface area contributed by atoms with E-state index >= 15 is 0 Å². The molecule has 2 unspecified atom stereocenters. The number of benzene rings is 1. The van der Waals surface area contributed by atoms with E-state index in [2.05, 4.69) is 5.32 Å². The fourth-order valence-corrected chi connectivity index (χ4v) is 5.96. The van der Waals surface area contributed by atoms with Crippen LogP contribution in [0, 0.1) is 11.2 Å². The zero-order valence-corrected chi connectivity index (χ0v) is 12.3. The first-order chi connectivity index (χ1) is 9.53. The molecule has 2 atom stereocenters. The number of halogens is 1. The summed E-state index contributed by atoms with van der Waals surface area (Å²) >= 11 is 0. The van der Waals surface area contributed by atoms with Crippen molar-refractivity contribution in [2.24, 2.45) is 5.41 Å². The molecule has 5 heteroatoms. The Bertz CT molecular complexity index is 598. The molecule has 2 fully saturated rings. The summed E-state index contributed by atoms with van der Waals surface area (Å²) in [7, 11) is -2.99. The second-order valence-corrected chi connectivity index (χ2v) is 8.27. The maximum Gasteiger partial charge on any atom is 0.150 e. The van der Waals surface area contributed by atoms with Crippen LogP contribution in [0.25, 0.3) is 0 Å². The molecule has 1 aromatic carbocycles. The molecule has 3 nitrogen and oxygen atoms in total. The predicted octanol–water partition coefficient (Wildman–Crippen LogP) is 2.10. The Morgan fingerprint density at radius 3 is 2.80 bits per heavy atom. The third-order valence-electron chi connectivity index (χ3n) is 4.81. The number of hydrogen-bond acceptors (Lipinski definition) is 3. The summed E-state index contributed by atoms with van der Waals surface area (Å²) < 4.78 is 38.3. The fourth-order valence-electron chi connectivity index (χ4n) is 3.87. The average molecular weight is 297 g/mol. The summed E-state index contributed by atoms with van der Waals surface area (Å²) in [4.78, 5) is 0. The highest BCUT2D eigenvalue weighted by Crippen LogP contribution is 2.48. The minimum absolute atomic E-state index is 0.0486. The second kappa shape index (κ2) is 5.11. The Labute approximate surface area is 119 Å². The summed E-state index contributed by atoms with van der Waals surface area (Å²) in [6, 6.07) is 6.78. The summed E-state index contributed by atoms with van der Waals surface area (Å²) in [6.07, 6.45) is 2.39. The third-order valence-corrected chi connectivity index (χ3v) is 6.73. The Balaban J connectivity index is 2.01. The molecule has 0 aliphatic carbocycles. The molecular weight excluding hydrogens is 277 g/mol. The van der Waals surface area contributed by atoms with Crippen molar-refractivity contribution >= 4 is 9.84 Å². The topological polar surface area (TPSA) is 46.2 Å². The lowest BCUT2D eigenvalue weighted by atomic mass is 9.66. The highest BCUT2D eigenvalue weighted by Gasteiger charge is 2.47. The van der Waals surface area contributed by atoms with E-state index in [1.165, 1.54) is 6.07 Å². The first-order valence-corrected chi connectivity index (χ1v) is 9.00. The highest BCUT2D eigenvalue weighted by atomic mass is 32.2. The lowest BCUT2D eigenvalue weighted by Gasteiger charge is -2.47. The van der Waals surface area contributed by atoms with Crippen molar-refractivity contribution < 1.29 is 12.8 Å². The lowest BCUT2D eigenvalue weighted by Crippen LogP contribution is -2.50. The van der Waals surface area contributed by atoms with Gasteiger partial charge < -0.3 is 5.32 Å². The SMILES string of the molecule is O=S1(=O)CCCC2(CCNCC2c2ccccc2F)C1. The number of piperidine rings is 1. The fraction of sp³-hybridized carbons (Fsp3) is 0.600. The molecule has 2 aliphatic rings. The van der Waals surface area contributed by atoms with Gasteiger partial charge in [0.25, 0.3) is 0 Å². The van der Waals surface area contributed by atoms with Crippen molar-refractivity contribution in [2.75, 3.05) is 24.6 Å². The first-order valence-electron chi connectivity index (χ1n) is 7.18. The number of nitrogens with one attached hydrogen (secondary N) is 1. The maximum atomic E-state index is 14.1. The highest BCUT2D eigenvalue weighted by molar-refractivity contribution is 7.91. The smallest absolute Gasteiger partial charge is 0.150 e. The van der Waals surface area contributed by atoms with Gasteiger partial charge in [0.05, 0.1) is 11.5 Å². The Morgan fingerprint density at radius 1 is 1.25 bits per heavy atom.